The van der Waals surface area contributed by atoms with E-state index in [0.29, 0.717) is 10.7 Å². The lowest BCUT2D eigenvalue weighted by Gasteiger charge is -2.15. The minimum atomic E-state index is -0.00694. The van der Waals surface area contributed by atoms with Gasteiger partial charge in [0, 0.05) is 20.1 Å². The van der Waals surface area contributed by atoms with E-state index < -0.39 is 0 Å². The highest BCUT2D eigenvalue weighted by molar-refractivity contribution is 6.33. The van der Waals surface area contributed by atoms with Gasteiger partial charge in [-0.05, 0) is 12.8 Å². The second kappa shape index (κ2) is 3.61. The quantitative estimate of drug-likeness (QED) is 0.706. The predicted molar refractivity (Wildman–Crippen MR) is 53.4 cm³/mol. The number of rotatable bonds is 1. The number of nitrogens with zero attached hydrogens (tertiary/aromatic N) is 3. The fourth-order valence-corrected chi connectivity index (χ4v) is 1.97. The third kappa shape index (κ3) is 1.50. The van der Waals surface area contributed by atoms with Crippen molar-refractivity contribution in [2.24, 2.45) is 7.05 Å². The molecule has 1 aliphatic heterocycles. The van der Waals surface area contributed by atoms with Crippen molar-refractivity contribution < 1.29 is 4.79 Å². The number of hydrogen-bond acceptors (Lipinski definition) is 2. The molecule has 5 heteroatoms. The van der Waals surface area contributed by atoms with Crippen LogP contribution in [0.3, 0.4) is 0 Å². The summed E-state index contributed by atoms with van der Waals surface area (Å²) >= 11 is 5.89. The lowest BCUT2D eigenvalue weighted by molar-refractivity contribution is 0.0782. The zero-order chi connectivity index (χ0) is 10.1. The first-order valence-electron chi connectivity index (χ1n) is 4.67. The number of hydrogen-bond donors (Lipinski definition) is 0. The van der Waals surface area contributed by atoms with Crippen LogP contribution in [0.4, 0.5) is 0 Å². The van der Waals surface area contributed by atoms with Crippen LogP contribution in [0.5, 0.6) is 0 Å². The lowest BCUT2D eigenvalue weighted by atomic mass is 10.3. The van der Waals surface area contributed by atoms with Crippen LogP contribution in [-0.4, -0.2) is 33.7 Å². The maximum absolute atomic E-state index is 11.9. The largest absolute Gasteiger partial charge is 0.337 e. The van der Waals surface area contributed by atoms with Crippen molar-refractivity contribution in [1.29, 1.82) is 0 Å². The third-order valence-electron chi connectivity index (χ3n) is 2.49. The Hall–Kier alpha value is -1.03. The molecule has 1 aromatic rings. The van der Waals surface area contributed by atoms with E-state index in [1.807, 2.05) is 4.90 Å². The average Bonchev–Trinajstić information content (AvgIpc) is 2.75. The highest BCUT2D eigenvalue weighted by Gasteiger charge is 2.24. The van der Waals surface area contributed by atoms with Gasteiger partial charge in [-0.3, -0.25) is 9.48 Å². The van der Waals surface area contributed by atoms with Gasteiger partial charge in [-0.25, -0.2) is 0 Å². The van der Waals surface area contributed by atoms with E-state index in [0.717, 1.165) is 25.9 Å². The maximum Gasteiger partial charge on any atom is 0.273 e. The van der Waals surface area contributed by atoms with Crippen LogP contribution in [0.2, 0.25) is 5.02 Å². The summed E-state index contributed by atoms with van der Waals surface area (Å²) in [5.41, 5.74) is 0.494. The molecule has 0 N–H and O–H groups in total. The normalized spacial score (nSPS) is 16.3. The molecule has 0 aliphatic carbocycles. The zero-order valence-electron chi connectivity index (χ0n) is 8.03. The first-order valence-corrected chi connectivity index (χ1v) is 5.04. The molecule has 0 spiro atoms. The fraction of sp³-hybridized carbons (Fsp3) is 0.556. The highest BCUT2D eigenvalue weighted by atomic mass is 35.5. The Labute approximate surface area is 87.4 Å². The zero-order valence-corrected chi connectivity index (χ0v) is 8.79. The van der Waals surface area contributed by atoms with Gasteiger partial charge in [0.15, 0.2) is 0 Å². The molecule has 0 aromatic carbocycles. The Morgan fingerprint density at radius 2 is 2.14 bits per heavy atom. The number of aromatic nitrogens is 2. The van der Waals surface area contributed by atoms with Gasteiger partial charge in [0.25, 0.3) is 5.91 Å². The summed E-state index contributed by atoms with van der Waals surface area (Å²) in [5, 5.41) is 4.38. The summed E-state index contributed by atoms with van der Waals surface area (Å²) in [7, 11) is 1.73. The van der Waals surface area contributed by atoms with Gasteiger partial charge in [-0.1, -0.05) is 11.6 Å². The summed E-state index contributed by atoms with van der Waals surface area (Å²) in [6, 6.07) is 0. The molecule has 76 valence electrons. The second-order valence-electron chi connectivity index (χ2n) is 3.46. The van der Waals surface area contributed by atoms with Crippen molar-refractivity contribution in [1.82, 2.24) is 14.7 Å². The molecule has 0 radical (unpaired) electrons. The number of aryl methyl sites for hydroxylation is 1. The van der Waals surface area contributed by atoms with Crippen molar-refractivity contribution in [2.75, 3.05) is 13.1 Å². The standard InChI is InChI=1S/C9H12ClN3O/c1-12-8(7(10)6-11-12)9(14)13-4-2-3-5-13/h6H,2-5H2,1H3. The van der Waals surface area contributed by atoms with Crippen molar-refractivity contribution in [3.8, 4) is 0 Å². The monoisotopic (exact) mass is 213 g/mol. The molecule has 1 amide bonds. The van der Waals surface area contributed by atoms with Crippen LogP contribution in [-0.2, 0) is 7.05 Å². The molecule has 2 heterocycles. The Kier molecular flexibility index (Phi) is 2.46. The highest BCUT2D eigenvalue weighted by Crippen LogP contribution is 2.18. The molecule has 0 saturated carbocycles. The van der Waals surface area contributed by atoms with Gasteiger partial charge >= 0.3 is 0 Å². The van der Waals surface area contributed by atoms with E-state index in [4.69, 9.17) is 11.6 Å². The van der Waals surface area contributed by atoms with E-state index in [-0.39, 0.29) is 5.91 Å². The second-order valence-corrected chi connectivity index (χ2v) is 3.87. The molecule has 1 aliphatic rings. The Bertz CT molecular complexity index is 335. The first kappa shape index (κ1) is 9.52. The number of carbonyl (C=O) groups is 1. The molecule has 0 unspecified atom stereocenters. The Morgan fingerprint density at radius 3 is 2.64 bits per heavy atom. The van der Waals surface area contributed by atoms with E-state index in [1.54, 1.807) is 7.05 Å². The molecule has 14 heavy (non-hydrogen) atoms. The molecule has 4 nitrogen and oxygen atoms in total. The SMILES string of the molecule is Cn1ncc(Cl)c1C(=O)N1CCCC1. The van der Waals surface area contributed by atoms with Crippen LogP contribution in [0, 0.1) is 0 Å². The fourth-order valence-electron chi connectivity index (χ4n) is 1.72. The van der Waals surface area contributed by atoms with Gasteiger partial charge in [0.2, 0.25) is 0 Å². The molecule has 2 rings (SSSR count). The van der Waals surface area contributed by atoms with Gasteiger partial charge in [0.1, 0.15) is 5.69 Å². The van der Waals surface area contributed by atoms with E-state index in [1.165, 1.54) is 10.9 Å². The van der Waals surface area contributed by atoms with Crippen LogP contribution in [0.1, 0.15) is 23.3 Å². The molecular weight excluding hydrogens is 202 g/mol. The Balaban J connectivity index is 2.25. The molecule has 1 fully saturated rings. The minimum absolute atomic E-state index is 0.00694. The maximum atomic E-state index is 11.9. The topological polar surface area (TPSA) is 38.1 Å². The Morgan fingerprint density at radius 1 is 1.50 bits per heavy atom. The lowest BCUT2D eigenvalue weighted by Crippen LogP contribution is -2.29. The van der Waals surface area contributed by atoms with E-state index >= 15 is 0 Å². The summed E-state index contributed by atoms with van der Waals surface area (Å²) in [6.07, 6.45) is 3.67. The summed E-state index contributed by atoms with van der Waals surface area (Å²) in [4.78, 5) is 13.8. The van der Waals surface area contributed by atoms with E-state index in [2.05, 4.69) is 5.10 Å². The summed E-state index contributed by atoms with van der Waals surface area (Å²) < 4.78 is 1.53. The number of likely N-dealkylation sites (tertiary alicyclic amines) is 1. The number of amides is 1. The smallest absolute Gasteiger partial charge is 0.273 e. The molecule has 1 saturated heterocycles. The molecule has 0 bridgehead atoms. The molecule has 0 atom stereocenters. The van der Waals surface area contributed by atoms with Crippen LogP contribution >= 0.6 is 11.6 Å². The van der Waals surface area contributed by atoms with Crippen molar-refractivity contribution in [2.45, 2.75) is 12.8 Å². The van der Waals surface area contributed by atoms with Crippen LogP contribution in [0.25, 0.3) is 0 Å². The van der Waals surface area contributed by atoms with E-state index in [9.17, 15) is 4.79 Å². The van der Waals surface area contributed by atoms with Crippen LogP contribution in [0.15, 0.2) is 6.20 Å². The predicted octanol–water partition coefficient (Wildman–Crippen LogP) is 1.31. The number of halogens is 1. The van der Waals surface area contributed by atoms with Gasteiger partial charge in [-0.2, -0.15) is 5.10 Å². The molecular formula is C9H12ClN3O. The van der Waals surface area contributed by atoms with Gasteiger partial charge < -0.3 is 4.90 Å². The summed E-state index contributed by atoms with van der Waals surface area (Å²) in [5.74, 6) is -0.00694. The number of carbonyl (C=O) groups excluding carboxylic acids is 1. The third-order valence-corrected chi connectivity index (χ3v) is 2.77. The molecule has 1 aromatic heterocycles. The van der Waals surface area contributed by atoms with Crippen molar-refractivity contribution in [3.63, 3.8) is 0 Å². The first-order chi connectivity index (χ1) is 6.70. The minimum Gasteiger partial charge on any atom is -0.337 e. The van der Waals surface area contributed by atoms with Gasteiger partial charge in [-0.15, -0.1) is 0 Å². The van der Waals surface area contributed by atoms with Crippen molar-refractivity contribution >= 4 is 17.5 Å². The summed E-state index contributed by atoms with van der Waals surface area (Å²) in [6.45, 7) is 1.67. The van der Waals surface area contributed by atoms with Gasteiger partial charge in [0.05, 0.1) is 11.2 Å². The van der Waals surface area contributed by atoms with Crippen LogP contribution < -0.4 is 0 Å². The average molecular weight is 214 g/mol. The van der Waals surface area contributed by atoms with Crippen molar-refractivity contribution in [3.05, 3.63) is 16.9 Å².